The molecule has 1 atom stereocenters. The maximum atomic E-state index is 12.5. The van der Waals surface area contributed by atoms with Crippen LogP contribution in [0.1, 0.15) is 40.4 Å². The zero-order valence-corrected chi connectivity index (χ0v) is 23.5. The summed E-state index contributed by atoms with van der Waals surface area (Å²) < 4.78 is 53.5. The molecule has 0 unspecified atom stereocenters. The molecule has 0 saturated heterocycles. The number of halogens is 3. The fourth-order valence-electron chi connectivity index (χ4n) is 4.94. The van der Waals surface area contributed by atoms with E-state index in [0.717, 1.165) is 29.8 Å². The van der Waals surface area contributed by atoms with Gasteiger partial charge in [-0.25, -0.2) is 4.79 Å². The van der Waals surface area contributed by atoms with E-state index >= 15 is 0 Å². The minimum absolute atomic E-state index is 0.0484. The van der Waals surface area contributed by atoms with Gasteiger partial charge in [-0.15, -0.1) is 0 Å². The monoisotopic (exact) mass is 581 g/mol. The molecule has 1 N–H and O–H groups in total. The summed E-state index contributed by atoms with van der Waals surface area (Å²) >= 11 is 0. The number of ether oxygens (including phenoxy) is 3. The number of esters is 1. The lowest BCUT2D eigenvalue weighted by molar-refractivity contribution is -0.153. The number of hydrogen-bond acceptors (Lipinski definition) is 7. The summed E-state index contributed by atoms with van der Waals surface area (Å²) in [7, 11) is 0. The summed E-state index contributed by atoms with van der Waals surface area (Å²) in [4.78, 5) is 14.3. The molecule has 3 aromatic carbocycles. The second-order valence-electron chi connectivity index (χ2n) is 10.1. The Kier molecular flexibility index (Phi) is 10.7. The molecule has 0 saturated carbocycles. The molecule has 0 amide bonds. The van der Waals surface area contributed by atoms with Gasteiger partial charge in [-0.3, -0.25) is 0 Å². The molecule has 222 valence electrons. The van der Waals surface area contributed by atoms with Gasteiger partial charge in [-0.2, -0.15) is 18.4 Å². The molecule has 0 spiro atoms. The number of nitrogens with one attached hydrogen (secondary N) is 1. The lowest BCUT2D eigenvalue weighted by atomic mass is 9.99. The minimum atomic E-state index is -4.43. The van der Waals surface area contributed by atoms with Crippen LogP contribution in [-0.2, 0) is 17.6 Å². The van der Waals surface area contributed by atoms with E-state index in [1.165, 1.54) is 6.07 Å². The topological polar surface area (TPSA) is 83.8 Å². The highest BCUT2D eigenvalue weighted by Crippen LogP contribution is 2.33. The number of nitrogens with zero attached hydrogens (tertiary/aromatic N) is 2. The summed E-state index contributed by atoms with van der Waals surface area (Å²) in [6.07, 6.45) is -2.23. The van der Waals surface area contributed by atoms with Gasteiger partial charge in [0.2, 0.25) is 0 Å². The highest BCUT2D eigenvalue weighted by molar-refractivity contribution is 5.89. The summed E-state index contributed by atoms with van der Waals surface area (Å²) in [5.74, 6) is -0.0338. The first-order chi connectivity index (χ1) is 20.2. The first-order valence-electron chi connectivity index (χ1n) is 13.9. The largest absolute Gasteiger partial charge is 0.488 e. The number of nitriles is 1. The molecule has 0 aromatic heterocycles. The maximum Gasteiger partial charge on any atom is 0.422 e. The van der Waals surface area contributed by atoms with Crippen LogP contribution in [0.4, 0.5) is 18.9 Å². The highest BCUT2D eigenvalue weighted by atomic mass is 19.4. The number of anilines is 1. The zero-order valence-electron chi connectivity index (χ0n) is 23.5. The van der Waals surface area contributed by atoms with Crippen LogP contribution in [0.3, 0.4) is 0 Å². The van der Waals surface area contributed by atoms with Gasteiger partial charge in [-0.1, -0.05) is 36.4 Å². The average molecular weight is 582 g/mol. The number of alkyl halides is 3. The average Bonchev–Trinajstić information content (AvgIpc) is 3.39. The van der Waals surface area contributed by atoms with Crippen molar-refractivity contribution < 1.29 is 32.2 Å². The molecule has 3 aromatic rings. The number of benzene rings is 3. The van der Waals surface area contributed by atoms with E-state index in [9.17, 15) is 23.2 Å². The van der Waals surface area contributed by atoms with Crippen molar-refractivity contribution in [3.63, 3.8) is 0 Å². The molecule has 0 aliphatic carbocycles. The van der Waals surface area contributed by atoms with Crippen molar-refractivity contribution in [1.82, 2.24) is 5.32 Å². The maximum absolute atomic E-state index is 12.5. The van der Waals surface area contributed by atoms with Crippen molar-refractivity contribution >= 4 is 11.7 Å². The van der Waals surface area contributed by atoms with Crippen molar-refractivity contribution in [3.8, 4) is 17.6 Å². The lowest BCUT2D eigenvalue weighted by Gasteiger charge is -2.21. The van der Waals surface area contributed by atoms with Gasteiger partial charge in [0.05, 0.1) is 23.4 Å². The Balaban J connectivity index is 1.23. The number of rotatable bonds is 14. The first kappa shape index (κ1) is 30.7. The molecule has 1 aliphatic rings. The SMILES string of the molecule is C[C@@H](Cc1cc(C#N)c2c(c1)CCN2CCCOC(=O)c1ccccc1)NCCOc1ccccc1OCC(F)(F)F. The first-order valence-corrected chi connectivity index (χ1v) is 13.9. The third kappa shape index (κ3) is 8.88. The quantitative estimate of drug-likeness (QED) is 0.193. The third-order valence-electron chi connectivity index (χ3n) is 6.79. The van der Waals surface area contributed by atoms with Gasteiger partial charge in [0, 0.05) is 25.7 Å². The molecule has 0 radical (unpaired) electrons. The predicted molar refractivity (Wildman–Crippen MR) is 153 cm³/mol. The molecule has 0 fully saturated rings. The van der Waals surface area contributed by atoms with Crippen molar-refractivity contribution in [3.05, 3.63) is 89.0 Å². The van der Waals surface area contributed by atoms with E-state index in [2.05, 4.69) is 22.4 Å². The Bertz CT molecular complexity index is 1380. The molecule has 0 bridgehead atoms. The van der Waals surface area contributed by atoms with Crippen LogP contribution in [-0.4, -0.2) is 57.6 Å². The third-order valence-corrected chi connectivity index (χ3v) is 6.79. The van der Waals surface area contributed by atoms with Crippen LogP contribution in [0.5, 0.6) is 11.5 Å². The number of hydrogen-bond donors (Lipinski definition) is 1. The summed E-state index contributed by atoms with van der Waals surface area (Å²) in [6.45, 7) is 3.18. The smallest absolute Gasteiger partial charge is 0.422 e. The summed E-state index contributed by atoms with van der Waals surface area (Å²) in [5, 5.41) is 13.3. The zero-order chi connectivity index (χ0) is 30.0. The highest BCUT2D eigenvalue weighted by Gasteiger charge is 2.29. The van der Waals surface area contributed by atoms with Gasteiger partial charge in [0.25, 0.3) is 0 Å². The Morgan fingerprint density at radius 1 is 1.05 bits per heavy atom. The van der Waals surface area contributed by atoms with Crippen LogP contribution >= 0.6 is 0 Å². The Hall–Kier alpha value is -4.23. The van der Waals surface area contributed by atoms with Crippen LogP contribution in [0.2, 0.25) is 0 Å². The molecular formula is C32H34F3N3O4. The van der Waals surface area contributed by atoms with Gasteiger partial charge >= 0.3 is 12.1 Å². The molecule has 7 nitrogen and oxygen atoms in total. The van der Waals surface area contributed by atoms with Crippen molar-refractivity contribution in [2.24, 2.45) is 0 Å². The number of carbonyl (C=O) groups is 1. The van der Waals surface area contributed by atoms with Gasteiger partial charge < -0.3 is 24.4 Å². The van der Waals surface area contributed by atoms with Crippen molar-refractivity contribution in [2.45, 2.75) is 38.4 Å². The molecule has 1 heterocycles. The normalized spacial score (nSPS) is 13.3. The van der Waals surface area contributed by atoms with E-state index in [1.54, 1.807) is 42.5 Å². The minimum Gasteiger partial charge on any atom is -0.488 e. The number of carbonyl (C=O) groups excluding carboxylic acids is 1. The Morgan fingerprint density at radius 3 is 2.48 bits per heavy atom. The van der Waals surface area contributed by atoms with Crippen LogP contribution in [0.15, 0.2) is 66.7 Å². The van der Waals surface area contributed by atoms with E-state index in [1.807, 2.05) is 19.1 Å². The fourth-order valence-corrected chi connectivity index (χ4v) is 4.94. The van der Waals surface area contributed by atoms with Gasteiger partial charge in [-0.05, 0) is 67.6 Å². The molecule has 1 aliphatic heterocycles. The predicted octanol–water partition coefficient (Wildman–Crippen LogP) is 5.71. The molecule has 10 heteroatoms. The summed E-state index contributed by atoms with van der Waals surface area (Å²) in [5.41, 5.74) is 4.30. The molecule has 4 rings (SSSR count). The number of para-hydroxylation sites is 2. The van der Waals surface area contributed by atoms with Crippen LogP contribution in [0.25, 0.3) is 0 Å². The van der Waals surface area contributed by atoms with E-state index in [4.69, 9.17) is 14.2 Å². The second kappa shape index (κ2) is 14.6. The van der Waals surface area contributed by atoms with Gasteiger partial charge in [0.1, 0.15) is 12.7 Å². The van der Waals surface area contributed by atoms with Gasteiger partial charge in [0.15, 0.2) is 18.1 Å². The van der Waals surface area contributed by atoms with Crippen molar-refractivity contribution in [1.29, 1.82) is 5.26 Å². The Labute approximate surface area is 243 Å². The standard InChI is InChI=1S/C32H34F3N3O4/c1-23(37-13-17-40-28-10-5-6-11-29(28)42-22-32(33,34)35)18-24-19-26-12-15-38(30(26)27(20-24)21-36)14-7-16-41-31(39)25-8-3-2-4-9-25/h2-6,8-11,19-20,23,37H,7,12-18,22H2,1H3/t23-/m0/s1. The van der Waals surface area contributed by atoms with E-state index in [0.29, 0.717) is 43.7 Å². The second-order valence-corrected chi connectivity index (χ2v) is 10.1. The Morgan fingerprint density at radius 2 is 1.76 bits per heavy atom. The van der Waals surface area contributed by atoms with E-state index < -0.39 is 12.8 Å². The summed E-state index contributed by atoms with van der Waals surface area (Å²) in [6, 6.07) is 21.7. The fraction of sp³-hybridized carbons (Fsp3) is 0.375. The molecule has 42 heavy (non-hydrogen) atoms. The lowest BCUT2D eigenvalue weighted by Crippen LogP contribution is -2.32. The number of fused-ring (bicyclic) bond motifs is 1. The van der Waals surface area contributed by atoms with Crippen molar-refractivity contribution in [2.75, 3.05) is 44.4 Å². The molecular weight excluding hydrogens is 547 g/mol. The van der Waals surface area contributed by atoms with Crippen LogP contribution < -0.4 is 19.7 Å². The van der Waals surface area contributed by atoms with Crippen LogP contribution in [0, 0.1) is 11.3 Å². The van der Waals surface area contributed by atoms with E-state index in [-0.39, 0.29) is 30.1 Å².